The minimum atomic E-state index is -0.675. The van der Waals surface area contributed by atoms with Crippen LogP contribution in [0.15, 0.2) is 36.5 Å². The van der Waals surface area contributed by atoms with Gasteiger partial charge < -0.3 is 10.2 Å². The summed E-state index contributed by atoms with van der Waals surface area (Å²) in [6.45, 7) is 4.41. The minimum Gasteiger partial charge on any atom is -0.481 e. The van der Waals surface area contributed by atoms with Gasteiger partial charge in [-0.2, -0.15) is 0 Å². The zero-order chi connectivity index (χ0) is 28.4. The van der Waals surface area contributed by atoms with Crippen LogP contribution in [0.25, 0.3) is 0 Å². The van der Waals surface area contributed by atoms with Crippen LogP contribution in [-0.2, 0) is 9.59 Å². The van der Waals surface area contributed by atoms with E-state index in [1.165, 1.54) is 83.5 Å². The molecule has 0 spiro atoms. The molecule has 0 bridgehead atoms. The highest BCUT2D eigenvalue weighted by molar-refractivity contribution is 5.66. The molecule has 0 atom stereocenters. The van der Waals surface area contributed by atoms with Crippen molar-refractivity contribution in [1.82, 2.24) is 0 Å². The quantitative estimate of drug-likeness (QED) is 0.0811. The molecule has 222 valence electrons. The lowest BCUT2D eigenvalue weighted by Crippen LogP contribution is -1.93. The number of carboxylic acid groups (broad SMARTS) is 2. The molecule has 2 N–H and O–H groups in total. The second-order valence-corrected chi connectivity index (χ2v) is 10.4. The number of allylic oxidation sites excluding steroid dienone is 6. The predicted molar refractivity (Wildman–Crippen MR) is 165 cm³/mol. The van der Waals surface area contributed by atoms with Crippen molar-refractivity contribution < 1.29 is 19.8 Å². The fourth-order valence-corrected chi connectivity index (χ4v) is 4.19. The number of carboxylic acids is 2. The molecular formula is C34H62O4. The Bertz CT molecular complexity index is 577. The summed E-state index contributed by atoms with van der Waals surface area (Å²) in [5, 5.41) is 17.0. The highest BCUT2D eigenvalue weighted by Gasteiger charge is 1.97. The van der Waals surface area contributed by atoms with E-state index in [9.17, 15) is 9.59 Å². The first-order valence-corrected chi connectivity index (χ1v) is 15.9. The van der Waals surface area contributed by atoms with Gasteiger partial charge in [0, 0.05) is 12.8 Å². The zero-order valence-corrected chi connectivity index (χ0v) is 25.1. The lowest BCUT2D eigenvalue weighted by Gasteiger charge is -2.02. The molecule has 4 heteroatoms. The van der Waals surface area contributed by atoms with Crippen molar-refractivity contribution in [2.45, 2.75) is 168 Å². The van der Waals surface area contributed by atoms with Gasteiger partial charge in [0.1, 0.15) is 0 Å². The van der Waals surface area contributed by atoms with Gasteiger partial charge in [-0.1, -0.05) is 147 Å². The van der Waals surface area contributed by atoms with Crippen molar-refractivity contribution in [3.05, 3.63) is 36.5 Å². The molecule has 0 aromatic heterocycles. The van der Waals surface area contributed by atoms with E-state index in [-0.39, 0.29) is 0 Å². The molecule has 0 rings (SSSR count). The van der Waals surface area contributed by atoms with Crippen LogP contribution in [0, 0.1) is 0 Å². The van der Waals surface area contributed by atoms with E-state index < -0.39 is 11.9 Å². The molecule has 0 heterocycles. The Labute approximate surface area is 236 Å². The fraction of sp³-hybridized carbons (Fsp3) is 0.765. The molecule has 0 aromatic carbocycles. The average Bonchev–Trinajstić information content (AvgIpc) is 2.89. The Morgan fingerprint density at radius 1 is 0.447 bits per heavy atom. The third-order valence-corrected chi connectivity index (χ3v) is 6.54. The monoisotopic (exact) mass is 534 g/mol. The predicted octanol–water partition coefficient (Wildman–Crippen LogP) is 11.2. The maximum Gasteiger partial charge on any atom is 0.303 e. The van der Waals surface area contributed by atoms with Crippen molar-refractivity contribution in [3.8, 4) is 0 Å². The van der Waals surface area contributed by atoms with Crippen LogP contribution in [-0.4, -0.2) is 22.2 Å². The summed E-state index contributed by atoms with van der Waals surface area (Å²) in [7, 11) is 0. The number of carbonyl (C=O) groups is 2. The lowest BCUT2D eigenvalue weighted by atomic mass is 10.0. The standard InChI is InChI=1S/C18H30O2.C16H32O2/c1-2-3-4-5-6-7-8-9-10-11-12-13-14-15-16-17-18(19)20;1-2-3-4-5-6-7-8-9-10-11-12-13-14-15-16(17)18/h3-4,6-7,9-10H,2,5,8,11-17H2,1H3,(H,19,20);2-15H2,1H3,(H,17,18)/b4-3-,7-6-,10-9-;. The highest BCUT2D eigenvalue weighted by atomic mass is 16.4. The van der Waals surface area contributed by atoms with Gasteiger partial charge in [0.05, 0.1) is 0 Å². The molecule has 0 radical (unpaired) electrons. The third kappa shape index (κ3) is 41.3. The van der Waals surface area contributed by atoms with E-state index in [0.717, 1.165) is 57.8 Å². The Kier molecular flexibility index (Phi) is 35.4. The van der Waals surface area contributed by atoms with Crippen molar-refractivity contribution in [1.29, 1.82) is 0 Å². The number of aliphatic carboxylic acids is 2. The second kappa shape index (κ2) is 35.2. The Morgan fingerprint density at radius 3 is 1.18 bits per heavy atom. The van der Waals surface area contributed by atoms with Gasteiger partial charge in [0.15, 0.2) is 0 Å². The lowest BCUT2D eigenvalue weighted by molar-refractivity contribution is -0.138. The summed E-state index contributed by atoms with van der Waals surface area (Å²) < 4.78 is 0. The molecular weight excluding hydrogens is 472 g/mol. The molecule has 0 amide bonds. The first-order chi connectivity index (χ1) is 18.5. The van der Waals surface area contributed by atoms with Gasteiger partial charge in [-0.25, -0.2) is 0 Å². The van der Waals surface area contributed by atoms with Gasteiger partial charge in [-0.05, 0) is 44.9 Å². The Morgan fingerprint density at radius 2 is 0.789 bits per heavy atom. The Hall–Kier alpha value is -1.84. The molecule has 38 heavy (non-hydrogen) atoms. The second-order valence-electron chi connectivity index (χ2n) is 10.4. The van der Waals surface area contributed by atoms with Crippen LogP contribution in [0.4, 0.5) is 0 Å². The third-order valence-electron chi connectivity index (χ3n) is 6.54. The highest BCUT2D eigenvalue weighted by Crippen LogP contribution is 2.13. The largest absolute Gasteiger partial charge is 0.481 e. The summed E-state index contributed by atoms with van der Waals surface area (Å²) in [5.41, 5.74) is 0. The van der Waals surface area contributed by atoms with E-state index in [2.05, 4.69) is 50.3 Å². The molecule has 4 nitrogen and oxygen atoms in total. The van der Waals surface area contributed by atoms with Crippen LogP contribution in [0.3, 0.4) is 0 Å². The van der Waals surface area contributed by atoms with Crippen molar-refractivity contribution in [2.24, 2.45) is 0 Å². The summed E-state index contributed by atoms with van der Waals surface area (Å²) in [6, 6.07) is 0. The zero-order valence-electron chi connectivity index (χ0n) is 25.1. The Balaban J connectivity index is 0. The van der Waals surface area contributed by atoms with E-state index in [1.807, 2.05) is 0 Å². The molecule has 0 aliphatic carbocycles. The number of hydrogen-bond acceptors (Lipinski definition) is 2. The first-order valence-electron chi connectivity index (χ1n) is 15.9. The van der Waals surface area contributed by atoms with Gasteiger partial charge in [0.2, 0.25) is 0 Å². The SMILES string of the molecule is CC/C=C\C/C=C\C/C=C\CCCCCCCC(=O)O.CCCCCCCCCCCCCCCC(=O)O. The summed E-state index contributed by atoms with van der Waals surface area (Å²) >= 11 is 0. The summed E-state index contributed by atoms with van der Waals surface area (Å²) in [6.07, 6.45) is 40.6. The molecule has 0 unspecified atom stereocenters. The van der Waals surface area contributed by atoms with E-state index in [1.54, 1.807) is 0 Å². The summed E-state index contributed by atoms with van der Waals surface area (Å²) in [4.78, 5) is 20.6. The average molecular weight is 535 g/mol. The minimum absolute atomic E-state index is 0.319. The van der Waals surface area contributed by atoms with Crippen LogP contribution in [0.2, 0.25) is 0 Å². The van der Waals surface area contributed by atoms with Crippen molar-refractivity contribution in [2.75, 3.05) is 0 Å². The number of unbranched alkanes of at least 4 members (excludes halogenated alkanes) is 17. The normalized spacial score (nSPS) is 11.4. The fourth-order valence-electron chi connectivity index (χ4n) is 4.19. The molecule has 0 aliphatic heterocycles. The van der Waals surface area contributed by atoms with Crippen LogP contribution >= 0.6 is 0 Å². The van der Waals surface area contributed by atoms with Crippen molar-refractivity contribution >= 4 is 11.9 Å². The molecule has 0 aromatic rings. The molecule has 0 fully saturated rings. The van der Waals surface area contributed by atoms with Gasteiger partial charge in [-0.3, -0.25) is 9.59 Å². The van der Waals surface area contributed by atoms with E-state index in [4.69, 9.17) is 10.2 Å². The summed E-state index contributed by atoms with van der Waals surface area (Å²) in [5.74, 6) is -1.33. The maximum absolute atomic E-state index is 10.3. The van der Waals surface area contributed by atoms with Crippen LogP contribution < -0.4 is 0 Å². The van der Waals surface area contributed by atoms with Crippen molar-refractivity contribution in [3.63, 3.8) is 0 Å². The van der Waals surface area contributed by atoms with Gasteiger partial charge in [-0.15, -0.1) is 0 Å². The number of rotatable bonds is 27. The molecule has 0 saturated carbocycles. The van der Waals surface area contributed by atoms with Crippen LogP contribution in [0.1, 0.15) is 168 Å². The topological polar surface area (TPSA) is 74.6 Å². The van der Waals surface area contributed by atoms with E-state index in [0.29, 0.717) is 12.8 Å². The smallest absolute Gasteiger partial charge is 0.303 e. The number of hydrogen-bond donors (Lipinski definition) is 2. The molecule has 0 aliphatic rings. The maximum atomic E-state index is 10.3. The van der Waals surface area contributed by atoms with Gasteiger partial charge >= 0.3 is 11.9 Å². The van der Waals surface area contributed by atoms with Crippen LogP contribution in [0.5, 0.6) is 0 Å². The molecule has 0 saturated heterocycles. The van der Waals surface area contributed by atoms with Gasteiger partial charge in [0.25, 0.3) is 0 Å². The van der Waals surface area contributed by atoms with E-state index >= 15 is 0 Å². The first kappa shape index (κ1) is 38.3.